The third kappa shape index (κ3) is 12.0. The fourth-order valence-corrected chi connectivity index (χ4v) is 16.7. The lowest BCUT2D eigenvalue weighted by Crippen LogP contribution is -2.61. The number of rotatable bonds is 9. The summed E-state index contributed by atoms with van der Waals surface area (Å²) in [6.45, 7) is 39.7. The maximum atomic E-state index is 2.75. The second kappa shape index (κ2) is 24.9. The van der Waals surface area contributed by atoms with Crippen LogP contribution in [-0.2, 0) is 32.5 Å². The van der Waals surface area contributed by atoms with Crippen LogP contribution < -0.4 is 26.2 Å². The van der Waals surface area contributed by atoms with Gasteiger partial charge in [-0.1, -0.05) is 342 Å². The van der Waals surface area contributed by atoms with Gasteiger partial charge in [0.2, 0.25) is 0 Å². The summed E-state index contributed by atoms with van der Waals surface area (Å²) in [6, 6.07) is 109. The topological polar surface area (TPSA) is 6.48 Å². The zero-order valence-electron chi connectivity index (χ0n) is 64.0. The van der Waals surface area contributed by atoms with Crippen LogP contribution in [0.3, 0.4) is 0 Å². The second-order valence-corrected chi connectivity index (χ2v) is 35.5. The van der Waals surface area contributed by atoms with Crippen LogP contribution in [0.1, 0.15) is 157 Å². The van der Waals surface area contributed by atoms with E-state index >= 15 is 0 Å². The summed E-state index contributed by atoms with van der Waals surface area (Å²) >= 11 is 0. The van der Waals surface area contributed by atoms with Crippen molar-refractivity contribution >= 4 is 57.2 Å². The highest BCUT2D eigenvalue weighted by Crippen LogP contribution is 2.57. The summed E-state index contributed by atoms with van der Waals surface area (Å²) < 4.78 is 0. The quantitative estimate of drug-likeness (QED) is 0.133. The van der Waals surface area contributed by atoms with E-state index in [4.69, 9.17) is 0 Å². The van der Waals surface area contributed by atoms with E-state index in [0.717, 1.165) is 39.7 Å². The molecule has 16 rings (SSSR count). The van der Waals surface area contributed by atoms with E-state index in [9.17, 15) is 0 Å². The standard InChI is InChI=1S/C101H97BN2/c1-96(2,3)75-39-26-35-66(52-75)70-47-49-87-89(58-70)103(80-56-72(68-37-28-41-77(54-68)98(7,8)9)51-73(57-80)69-38-29-42-78(55-69)99(10,11)12)91-60-74(81-44-30-46-86-93(81)82-43-24-25-45-85(82)101(86,16)17)61-92-94(91)102(87)88-50-48-71(67-36-27-40-76(53-67)97(4,5)6)59-90(88)104(92)95-83(64-31-20-18-21-32-64)62-79(100(13,14)15)63-84(95)65-33-22-19-23-34-65/h18-63H,1-17H3. The Bertz CT molecular complexity index is 5420. The normalized spacial score (nSPS) is 13.8. The molecule has 0 radical (unpaired) electrons. The average Bonchev–Trinajstić information content (AvgIpc) is 1.05. The van der Waals surface area contributed by atoms with Crippen LogP contribution in [0.4, 0.5) is 34.1 Å². The minimum Gasteiger partial charge on any atom is -0.311 e. The summed E-state index contributed by atoms with van der Waals surface area (Å²) in [5, 5.41) is 0. The Kier molecular flexibility index (Phi) is 16.3. The number of anilines is 6. The minimum absolute atomic E-state index is 0.0564. The van der Waals surface area contributed by atoms with Gasteiger partial charge in [0.1, 0.15) is 0 Å². The van der Waals surface area contributed by atoms with Gasteiger partial charge in [-0.25, -0.2) is 0 Å². The fraction of sp³-hybridized carbons (Fsp3) is 0.228. The molecule has 13 aromatic rings. The molecule has 0 unspecified atom stereocenters. The van der Waals surface area contributed by atoms with E-state index in [1.807, 2.05) is 0 Å². The molecule has 13 aromatic carbocycles. The molecular weight excluding hydrogens is 1250 g/mol. The molecule has 0 amide bonds. The number of benzene rings is 13. The average molecular weight is 1350 g/mol. The highest BCUT2D eigenvalue weighted by molar-refractivity contribution is 7.00. The number of fused-ring (bicyclic) bond motifs is 7. The van der Waals surface area contributed by atoms with Crippen LogP contribution in [0.5, 0.6) is 0 Å². The Morgan fingerprint density at radius 1 is 0.250 bits per heavy atom. The molecule has 1 aliphatic carbocycles. The highest BCUT2D eigenvalue weighted by atomic mass is 15.2. The molecule has 0 fully saturated rings. The SMILES string of the molecule is CC(C)(C)c1cccc(-c2cc(-c3cccc(C(C)(C)C)c3)cc(N3c4cc(-c5cccc(C(C)(C)C)c5)ccc4B4c5ccc(-c6cccc(C(C)(C)C)c6)cc5N(c5c(-c6ccccc6)cc(C(C)(C)C)cc5-c5ccccc5)c5cc(-c6cccc7c6-c6ccccc6C7(C)C)cc3c54)c2)c1. The Balaban J connectivity index is 1.10. The van der Waals surface area contributed by atoms with Crippen molar-refractivity contribution in [2.75, 3.05) is 9.80 Å². The van der Waals surface area contributed by atoms with Crippen LogP contribution in [-0.4, -0.2) is 6.71 Å². The van der Waals surface area contributed by atoms with Gasteiger partial charge in [-0.2, -0.15) is 0 Å². The molecule has 0 N–H and O–H groups in total. The third-order valence-corrected chi connectivity index (χ3v) is 22.8. The van der Waals surface area contributed by atoms with Crippen molar-refractivity contribution in [3.05, 3.63) is 318 Å². The van der Waals surface area contributed by atoms with E-state index in [1.165, 1.54) is 139 Å². The maximum absolute atomic E-state index is 2.75. The van der Waals surface area contributed by atoms with Gasteiger partial charge >= 0.3 is 0 Å². The van der Waals surface area contributed by atoms with Crippen molar-refractivity contribution in [1.82, 2.24) is 0 Å². The first kappa shape index (κ1) is 68.0. The van der Waals surface area contributed by atoms with Gasteiger partial charge < -0.3 is 9.80 Å². The molecule has 0 aromatic heterocycles. The summed E-state index contributed by atoms with van der Waals surface area (Å²) in [5.41, 5.74) is 38.3. The first-order valence-electron chi connectivity index (χ1n) is 37.7. The van der Waals surface area contributed by atoms with Gasteiger partial charge in [0, 0.05) is 45.0 Å². The maximum Gasteiger partial charge on any atom is 0.252 e. The van der Waals surface area contributed by atoms with Crippen molar-refractivity contribution in [3.8, 4) is 89.0 Å². The fourth-order valence-electron chi connectivity index (χ4n) is 16.7. The monoisotopic (exact) mass is 1350 g/mol. The van der Waals surface area contributed by atoms with Crippen molar-refractivity contribution < 1.29 is 0 Å². The summed E-state index contributed by atoms with van der Waals surface area (Å²) in [5.74, 6) is 0. The van der Waals surface area contributed by atoms with E-state index in [1.54, 1.807) is 0 Å². The Labute approximate surface area is 620 Å². The Morgan fingerprint density at radius 2 is 0.606 bits per heavy atom. The lowest BCUT2D eigenvalue weighted by Gasteiger charge is -2.46. The van der Waals surface area contributed by atoms with Crippen molar-refractivity contribution in [3.63, 3.8) is 0 Å². The number of hydrogen-bond acceptors (Lipinski definition) is 2. The largest absolute Gasteiger partial charge is 0.311 e. The zero-order valence-corrected chi connectivity index (χ0v) is 64.0. The van der Waals surface area contributed by atoms with Crippen LogP contribution in [0.2, 0.25) is 0 Å². The molecule has 2 heterocycles. The van der Waals surface area contributed by atoms with Crippen LogP contribution in [0.25, 0.3) is 89.0 Å². The van der Waals surface area contributed by atoms with Gasteiger partial charge in [-0.3, -0.25) is 0 Å². The van der Waals surface area contributed by atoms with E-state index < -0.39 is 0 Å². The predicted molar refractivity (Wildman–Crippen MR) is 450 cm³/mol. The first-order valence-corrected chi connectivity index (χ1v) is 37.7. The smallest absolute Gasteiger partial charge is 0.252 e. The molecule has 0 bridgehead atoms. The molecule has 2 aliphatic heterocycles. The Morgan fingerprint density at radius 3 is 1.06 bits per heavy atom. The van der Waals surface area contributed by atoms with Gasteiger partial charge in [0.05, 0.1) is 5.69 Å². The highest BCUT2D eigenvalue weighted by Gasteiger charge is 2.46. The molecule has 0 saturated heterocycles. The molecule has 104 heavy (non-hydrogen) atoms. The van der Waals surface area contributed by atoms with E-state index in [2.05, 4.69) is 407 Å². The lowest BCUT2D eigenvalue weighted by molar-refractivity contribution is 0.590. The molecular formula is C101H97BN2. The van der Waals surface area contributed by atoms with Crippen molar-refractivity contribution in [2.24, 2.45) is 0 Å². The molecule has 0 spiro atoms. The third-order valence-electron chi connectivity index (χ3n) is 22.8. The number of hydrogen-bond donors (Lipinski definition) is 0. The summed E-state index contributed by atoms with van der Waals surface area (Å²) in [6.07, 6.45) is 0. The van der Waals surface area contributed by atoms with Crippen molar-refractivity contribution in [2.45, 2.75) is 150 Å². The van der Waals surface area contributed by atoms with Gasteiger partial charge in [0.25, 0.3) is 6.71 Å². The molecule has 2 nitrogen and oxygen atoms in total. The summed E-state index contributed by atoms with van der Waals surface area (Å²) in [7, 11) is 0. The molecule has 0 saturated carbocycles. The zero-order chi connectivity index (χ0) is 72.7. The van der Waals surface area contributed by atoms with Gasteiger partial charge in [0.15, 0.2) is 0 Å². The van der Waals surface area contributed by atoms with Crippen molar-refractivity contribution in [1.29, 1.82) is 0 Å². The van der Waals surface area contributed by atoms with Crippen LogP contribution in [0, 0.1) is 0 Å². The lowest BCUT2D eigenvalue weighted by atomic mass is 9.33. The predicted octanol–water partition coefficient (Wildman–Crippen LogP) is 26.2. The minimum atomic E-state index is -0.234. The second-order valence-electron chi connectivity index (χ2n) is 35.5. The number of nitrogens with zero attached hydrogens (tertiary/aromatic N) is 2. The van der Waals surface area contributed by atoms with Gasteiger partial charge in [-0.15, -0.1) is 0 Å². The van der Waals surface area contributed by atoms with Gasteiger partial charge in [-0.05, 0) is 215 Å². The summed E-state index contributed by atoms with van der Waals surface area (Å²) in [4.78, 5) is 5.45. The molecule has 3 heteroatoms. The molecule has 3 aliphatic rings. The van der Waals surface area contributed by atoms with Crippen LogP contribution in [0.15, 0.2) is 279 Å². The van der Waals surface area contributed by atoms with E-state index in [-0.39, 0.29) is 39.2 Å². The Hall–Kier alpha value is -10.5. The molecule has 0 atom stereocenters. The van der Waals surface area contributed by atoms with E-state index in [0.29, 0.717) is 0 Å². The first-order chi connectivity index (χ1) is 49.5. The molecule has 514 valence electrons. The van der Waals surface area contributed by atoms with Crippen LogP contribution >= 0.6 is 0 Å².